The lowest BCUT2D eigenvalue weighted by atomic mass is 9.99. The van der Waals surface area contributed by atoms with Crippen LogP contribution in [0.25, 0.3) is 10.9 Å². The predicted octanol–water partition coefficient (Wildman–Crippen LogP) is 2.67. The second-order valence-electron chi connectivity index (χ2n) is 15.8. The Morgan fingerprint density at radius 2 is 1.43 bits per heavy atom. The van der Waals surface area contributed by atoms with Crippen LogP contribution < -0.4 is 36.1 Å². The average Bonchev–Trinajstić information content (AvgIpc) is 3.64. The van der Waals surface area contributed by atoms with E-state index in [0.29, 0.717) is 11.3 Å². The van der Waals surface area contributed by atoms with Gasteiger partial charge in [0.1, 0.15) is 35.5 Å². The van der Waals surface area contributed by atoms with Crippen LogP contribution in [0.2, 0.25) is 0 Å². The summed E-state index contributed by atoms with van der Waals surface area (Å²) in [7, 11) is 2.91. The van der Waals surface area contributed by atoms with E-state index >= 15 is 0 Å². The lowest BCUT2D eigenvalue weighted by Gasteiger charge is -2.32. The summed E-state index contributed by atoms with van der Waals surface area (Å²) in [5.41, 5.74) is 2.36. The number of aromatic amines is 1. The molecule has 5 atom stereocenters. The van der Waals surface area contributed by atoms with Crippen molar-refractivity contribution in [2.24, 2.45) is 11.8 Å². The number of H-pyrrole nitrogens is 1. The lowest BCUT2D eigenvalue weighted by molar-refractivity contribution is -0.135. The van der Waals surface area contributed by atoms with Crippen LogP contribution in [-0.4, -0.2) is 108 Å². The molecule has 3 heterocycles. The maximum atomic E-state index is 14.4. The molecule has 16 heteroatoms. The summed E-state index contributed by atoms with van der Waals surface area (Å²) in [6, 6.07) is 12.4. The molecule has 6 amide bonds. The first-order valence-corrected chi connectivity index (χ1v) is 20.1. The van der Waals surface area contributed by atoms with Crippen LogP contribution in [0.15, 0.2) is 73.1 Å². The molecule has 0 aliphatic carbocycles. The fraction of sp³-hybridized carbons (Fsp3) is 0.432. The SMILES string of the molecule is COc1ccc(C[C@@H]2NC(=O)[C@H](CC(C)C)NC(=O)[C@@H](Cc3c[nH]c4ccccc34)NC(=O)CN(C(=O)c3cccnc3OC)C[C@H](C(C)C)NC(=O)[C@@H](C)NC2=O)cc1. The molecule has 6 N–H and O–H groups in total. The first-order valence-electron chi connectivity index (χ1n) is 20.1. The molecule has 0 bridgehead atoms. The monoisotopic (exact) mass is 824 g/mol. The first-order chi connectivity index (χ1) is 28.7. The van der Waals surface area contributed by atoms with Crippen LogP contribution in [0.3, 0.4) is 0 Å². The number of carbonyl (C=O) groups excluding carboxylic acids is 6. The highest BCUT2D eigenvalue weighted by Crippen LogP contribution is 2.21. The Hall–Kier alpha value is -6.45. The van der Waals surface area contributed by atoms with Gasteiger partial charge in [-0.25, -0.2) is 4.98 Å². The van der Waals surface area contributed by atoms with E-state index < -0.39 is 72.2 Å². The quantitative estimate of drug-likeness (QED) is 0.139. The Bertz CT molecular complexity index is 2150. The van der Waals surface area contributed by atoms with Crippen LogP contribution in [0.5, 0.6) is 11.6 Å². The molecule has 1 saturated heterocycles. The number of carbonyl (C=O) groups is 6. The Labute approximate surface area is 349 Å². The van der Waals surface area contributed by atoms with Crippen LogP contribution in [-0.2, 0) is 36.8 Å². The van der Waals surface area contributed by atoms with E-state index in [4.69, 9.17) is 9.47 Å². The maximum absolute atomic E-state index is 14.4. The molecule has 1 aliphatic rings. The number of amides is 6. The van der Waals surface area contributed by atoms with Gasteiger partial charge in [0.2, 0.25) is 35.4 Å². The van der Waals surface area contributed by atoms with Gasteiger partial charge < -0.3 is 45.9 Å². The number of fused-ring (bicyclic) bond motifs is 1. The smallest absolute Gasteiger partial charge is 0.259 e. The number of nitrogens with zero attached hydrogens (tertiary/aromatic N) is 2. The number of hydrogen-bond acceptors (Lipinski definition) is 9. The third-order valence-corrected chi connectivity index (χ3v) is 10.4. The molecule has 0 saturated carbocycles. The minimum absolute atomic E-state index is 0.0348. The highest BCUT2D eigenvalue weighted by molar-refractivity contribution is 6.00. The molecule has 1 aliphatic heterocycles. The number of nitrogens with one attached hydrogen (secondary N) is 6. The summed E-state index contributed by atoms with van der Waals surface area (Å²) < 4.78 is 10.7. The summed E-state index contributed by atoms with van der Waals surface area (Å²) in [5, 5.41) is 15.1. The van der Waals surface area contributed by atoms with Crippen LogP contribution >= 0.6 is 0 Å². The maximum Gasteiger partial charge on any atom is 0.259 e. The molecule has 4 aromatic rings. The van der Waals surface area contributed by atoms with Gasteiger partial charge in [0, 0.05) is 48.7 Å². The molecule has 5 rings (SSSR count). The molecule has 60 heavy (non-hydrogen) atoms. The summed E-state index contributed by atoms with van der Waals surface area (Å²) in [5.74, 6) is -3.36. The van der Waals surface area contributed by atoms with E-state index in [1.54, 1.807) is 36.5 Å². The van der Waals surface area contributed by atoms with E-state index in [1.165, 1.54) is 38.3 Å². The average molecular weight is 825 g/mol. The molecule has 0 radical (unpaired) electrons. The minimum atomic E-state index is -1.21. The molecule has 0 unspecified atom stereocenters. The number of aromatic nitrogens is 2. The van der Waals surface area contributed by atoms with Gasteiger partial charge in [-0.3, -0.25) is 28.8 Å². The van der Waals surface area contributed by atoms with Crippen LogP contribution in [0.1, 0.15) is 62.5 Å². The zero-order valence-electron chi connectivity index (χ0n) is 35.2. The van der Waals surface area contributed by atoms with Gasteiger partial charge in [-0.05, 0) is 66.6 Å². The van der Waals surface area contributed by atoms with E-state index in [-0.39, 0.29) is 49.1 Å². The molecule has 0 spiro atoms. The Balaban J connectivity index is 1.56. The summed E-state index contributed by atoms with van der Waals surface area (Å²) in [6.07, 6.45) is 3.52. The zero-order chi connectivity index (χ0) is 43.5. The summed E-state index contributed by atoms with van der Waals surface area (Å²) in [4.78, 5) is 93.6. The predicted molar refractivity (Wildman–Crippen MR) is 225 cm³/mol. The number of para-hydroxylation sites is 1. The molecule has 1 fully saturated rings. The molecule has 2 aromatic heterocycles. The number of ether oxygens (including phenoxy) is 2. The summed E-state index contributed by atoms with van der Waals surface area (Å²) >= 11 is 0. The van der Waals surface area contributed by atoms with Crippen molar-refractivity contribution in [2.75, 3.05) is 27.3 Å². The number of benzene rings is 2. The Morgan fingerprint density at radius 3 is 2.12 bits per heavy atom. The summed E-state index contributed by atoms with van der Waals surface area (Å²) in [6.45, 7) is 8.37. The van der Waals surface area contributed by atoms with Crippen molar-refractivity contribution in [2.45, 2.75) is 84.1 Å². The highest BCUT2D eigenvalue weighted by atomic mass is 16.5. The van der Waals surface area contributed by atoms with E-state index in [9.17, 15) is 28.8 Å². The number of hydrogen-bond donors (Lipinski definition) is 6. The molecule has 16 nitrogen and oxygen atoms in total. The second kappa shape index (κ2) is 20.5. The van der Waals surface area contributed by atoms with Crippen molar-refractivity contribution in [1.82, 2.24) is 41.5 Å². The molecular weight excluding hydrogens is 769 g/mol. The van der Waals surface area contributed by atoms with Crippen molar-refractivity contribution in [3.05, 3.63) is 89.7 Å². The zero-order valence-corrected chi connectivity index (χ0v) is 35.2. The Kier molecular flexibility index (Phi) is 15.2. The lowest BCUT2D eigenvalue weighted by Crippen LogP contribution is -2.60. The van der Waals surface area contributed by atoms with E-state index in [0.717, 1.165) is 16.5 Å². The molecule has 320 valence electrons. The Morgan fingerprint density at radius 1 is 0.767 bits per heavy atom. The first kappa shape index (κ1) is 44.6. The van der Waals surface area contributed by atoms with Gasteiger partial charge in [0.05, 0.1) is 20.8 Å². The third kappa shape index (κ3) is 11.6. The topological polar surface area (TPSA) is 213 Å². The van der Waals surface area contributed by atoms with Crippen LogP contribution in [0.4, 0.5) is 0 Å². The third-order valence-electron chi connectivity index (χ3n) is 10.4. The molecule has 2 aromatic carbocycles. The van der Waals surface area contributed by atoms with Gasteiger partial charge in [-0.1, -0.05) is 58.0 Å². The largest absolute Gasteiger partial charge is 0.497 e. The fourth-order valence-corrected chi connectivity index (χ4v) is 7.05. The number of rotatable bonds is 10. The van der Waals surface area contributed by atoms with Gasteiger partial charge in [-0.15, -0.1) is 0 Å². The number of pyridine rings is 1. The van der Waals surface area contributed by atoms with Crippen molar-refractivity contribution >= 4 is 46.3 Å². The fourth-order valence-electron chi connectivity index (χ4n) is 7.05. The van der Waals surface area contributed by atoms with Crippen molar-refractivity contribution in [1.29, 1.82) is 0 Å². The van der Waals surface area contributed by atoms with Gasteiger partial charge >= 0.3 is 0 Å². The normalized spacial score (nSPS) is 21.3. The minimum Gasteiger partial charge on any atom is -0.497 e. The molecular formula is C44H56N8O8. The van der Waals surface area contributed by atoms with E-state index in [1.807, 2.05) is 52.0 Å². The highest BCUT2D eigenvalue weighted by Gasteiger charge is 2.34. The van der Waals surface area contributed by atoms with Crippen LogP contribution in [0, 0.1) is 11.8 Å². The van der Waals surface area contributed by atoms with E-state index in [2.05, 4.69) is 36.6 Å². The standard InChI is InChI=1S/C44H56N8O8/c1-25(2)19-34-41(56)50-35(20-28-14-16-30(59-6)17-15-28)40(55)47-27(5)39(54)51-37(26(3)4)23-52(44(58)32-12-10-18-45-43(32)60-7)24-38(53)48-36(42(57)49-34)21-29-22-46-33-13-9-8-11-31(29)33/h8-18,22,25-27,34-37,46H,19-21,23-24H2,1-7H3,(H,47,55)(H,48,53)(H,49,57)(H,50,56)(H,51,54)/t27-,34+,35+,36-,37-/m1/s1. The van der Waals surface area contributed by atoms with Gasteiger partial charge in [0.15, 0.2) is 0 Å². The van der Waals surface area contributed by atoms with Gasteiger partial charge in [-0.2, -0.15) is 0 Å². The van der Waals surface area contributed by atoms with Crippen molar-refractivity contribution < 1.29 is 38.2 Å². The van der Waals surface area contributed by atoms with Gasteiger partial charge in [0.25, 0.3) is 5.91 Å². The second-order valence-corrected chi connectivity index (χ2v) is 15.8. The van der Waals surface area contributed by atoms with Crippen molar-refractivity contribution in [3.8, 4) is 11.6 Å². The number of methoxy groups -OCH3 is 2. The van der Waals surface area contributed by atoms with Crippen molar-refractivity contribution in [3.63, 3.8) is 0 Å².